The standard InChI is InChI=1S/C16H23ClO5.C14H18Cl2O5/c1-9-6-7-10(8-11(9)17)12(19-3)13-16(2,18)14(20-4)15(21-5)22-13;1-14(18)11(21-13(20-3)12(14)19-2)10(17)7-4-5-8(15)9(16)6-7/h6-8,12-15,18H,1-5H3;4-6,10-13,17-18H,1-3H3/t12-,13-,14+,15+,16-;10-,11-,12+,13+,14-/m11/s1. The van der Waals surface area contributed by atoms with Crippen LogP contribution in [0.4, 0.5) is 0 Å². The van der Waals surface area contributed by atoms with E-state index in [0.717, 1.165) is 11.1 Å². The van der Waals surface area contributed by atoms with Gasteiger partial charge in [-0.15, -0.1) is 0 Å². The Hall–Kier alpha value is -1.09. The number of ether oxygens (including phenoxy) is 7. The summed E-state index contributed by atoms with van der Waals surface area (Å²) >= 11 is 18.0. The van der Waals surface area contributed by atoms with Gasteiger partial charge in [0, 0.05) is 40.6 Å². The highest BCUT2D eigenvalue weighted by Crippen LogP contribution is 2.42. The van der Waals surface area contributed by atoms with Crippen LogP contribution < -0.4 is 0 Å². The van der Waals surface area contributed by atoms with Gasteiger partial charge in [0.25, 0.3) is 0 Å². The van der Waals surface area contributed by atoms with Crippen LogP contribution >= 0.6 is 34.8 Å². The largest absolute Gasteiger partial charge is 0.386 e. The molecule has 0 bridgehead atoms. The minimum atomic E-state index is -1.43. The van der Waals surface area contributed by atoms with Crippen LogP contribution in [0.3, 0.4) is 0 Å². The number of aliphatic hydroxyl groups excluding tert-OH is 1. The maximum Gasteiger partial charge on any atom is 0.186 e. The molecule has 0 aromatic heterocycles. The van der Waals surface area contributed by atoms with E-state index in [-0.39, 0.29) is 0 Å². The Balaban J connectivity index is 0.000000236. The average Bonchev–Trinajstić information content (AvgIpc) is 3.39. The minimum absolute atomic E-state index is 0.317. The number of benzene rings is 2. The second-order valence-electron chi connectivity index (χ2n) is 10.9. The van der Waals surface area contributed by atoms with Gasteiger partial charge in [-0.25, -0.2) is 0 Å². The third-order valence-corrected chi connectivity index (χ3v) is 9.10. The molecule has 0 radical (unpaired) electrons. The van der Waals surface area contributed by atoms with Crippen molar-refractivity contribution >= 4 is 34.8 Å². The van der Waals surface area contributed by atoms with Crippen LogP contribution in [0.2, 0.25) is 15.1 Å². The second-order valence-corrected chi connectivity index (χ2v) is 12.1. The molecule has 0 spiro atoms. The van der Waals surface area contributed by atoms with E-state index in [9.17, 15) is 15.3 Å². The van der Waals surface area contributed by atoms with Crippen molar-refractivity contribution in [3.8, 4) is 0 Å². The lowest BCUT2D eigenvalue weighted by Gasteiger charge is -2.32. The molecule has 0 unspecified atom stereocenters. The van der Waals surface area contributed by atoms with Crippen LogP contribution in [-0.4, -0.2) is 99.1 Å². The molecule has 10 nitrogen and oxygen atoms in total. The molecule has 2 heterocycles. The molecular weight excluding hydrogens is 627 g/mol. The molecular formula is C30H41Cl3O10. The third kappa shape index (κ3) is 7.49. The molecule has 3 N–H and O–H groups in total. The number of methoxy groups -OCH3 is 5. The van der Waals surface area contributed by atoms with E-state index in [4.69, 9.17) is 68.0 Å². The fourth-order valence-electron chi connectivity index (χ4n) is 5.50. The number of rotatable bonds is 9. The van der Waals surface area contributed by atoms with Gasteiger partial charge in [0.05, 0.1) is 10.0 Å². The molecule has 2 aliphatic rings. The Labute approximate surface area is 267 Å². The number of aryl methyl sites for hydroxylation is 1. The summed E-state index contributed by atoms with van der Waals surface area (Å²) in [6, 6.07) is 10.4. The second kappa shape index (κ2) is 15.0. The summed E-state index contributed by atoms with van der Waals surface area (Å²) in [5.74, 6) is 0. The van der Waals surface area contributed by atoms with E-state index in [1.807, 2.05) is 25.1 Å². The number of halogens is 3. The van der Waals surface area contributed by atoms with Crippen molar-refractivity contribution in [3.63, 3.8) is 0 Å². The molecule has 0 amide bonds. The molecule has 10 atom stereocenters. The molecule has 2 fully saturated rings. The summed E-state index contributed by atoms with van der Waals surface area (Å²) in [5.41, 5.74) is -0.408. The first-order valence-corrected chi connectivity index (χ1v) is 14.6. The molecule has 242 valence electrons. The Kier molecular flexibility index (Phi) is 12.7. The lowest BCUT2D eigenvalue weighted by molar-refractivity contribution is -0.172. The summed E-state index contributed by atoms with van der Waals surface area (Å²) in [6.07, 6.45) is -5.93. The first kappa shape index (κ1) is 36.4. The molecule has 0 aliphatic carbocycles. The molecule has 0 saturated carbocycles. The fraction of sp³-hybridized carbons (Fsp3) is 0.600. The summed E-state index contributed by atoms with van der Waals surface area (Å²) in [7, 11) is 7.49. The van der Waals surface area contributed by atoms with Crippen LogP contribution in [0.1, 0.15) is 42.7 Å². The molecule has 2 aromatic rings. The van der Waals surface area contributed by atoms with Crippen molar-refractivity contribution in [2.24, 2.45) is 0 Å². The van der Waals surface area contributed by atoms with Gasteiger partial charge in [0.15, 0.2) is 12.6 Å². The Bertz CT molecular complexity index is 1210. The van der Waals surface area contributed by atoms with Crippen LogP contribution in [0.5, 0.6) is 0 Å². The first-order chi connectivity index (χ1) is 20.2. The van der Waals surface area contributed by atoms with Crippen molar-refractivity contribution in [1.29, 1.82) is 0 Å². The first-order valence-electron chi connectivity index (χ1n) is 13.5. The Morgan fingerprint density at radius 2 is 1.19 bits per heavy atom. The highest BCUT2D eigenvalue weighted by atomic mass is 35.5. The van der Waals surface area contributed by atoms with E-state index in [1.165, 1.54) is 41.4 Å². The van der Waals surface area contributed by atoms with Gasteiger partial charge in [-0.2, -0.15) is 0 Å². The molecule has 2 aromatic carbocycles. The smallest absolute Gasteiger partial charge is 0.186 e. The topological polar surface area (TPSA) is 125 Å². The van der Waals surface area contributed by atoms with Crippen LogP contribution in [0.25, 0.3) is 0 Å². The lowest BCUT2D eigenvalue weighted by Crippen LogP contribution is -2.48. The molecule has 2 aliphatic heterocycles. The van der Waals surface area contributed by atoms with Crippen molar-refractivity contribution in [2.75, 3.05) is 35.5 Å². The molecule has 4 rings (SSSR count). The summed E-state index contributed by atoms with van der Waals surface area (Å²) < 4.78 is 38.0. The number of hydrogen-bond donors (Lipinski definition) is 3. The van der Waals surface area contributed by atoms with Gasteiger partial charge in [-0.3, -0.25) is 0 Å². The summed E-state index contributed by atoms with van der Waals surface area (Å²) in [4.78, 5) is 0. The van der Waals surface area contributed by atoms with Gasteiger partial charge in [-0.05, 0) is 55.7 Å². The predicted molar refractivity (Wildman–Crippen MR) is 162 cm³/mol. The predicted octanol–water partition coefficient (Wildman–Crippen LogP) is 4.64. The Morgan fingerprint density at radius 1 is 0.698 bits per heavy atom. The normalized spacial score (nSPS) is 33.6. The quantitative estimate of drug-likeness (QED) is 0.349. The third-order valence-electron chi connectivity index (χ3n) is 7.96. The molecule has 2 saturated heterocycles. The van der Waals surface area contributed by atoms with E-state index >= 15 is 0 Å². The zero-order chi connectivity index (χ0) is 32.3. The van der Waals surface area contributed by atoms with Gasteiger partial charge in [0.2, 0.25) is 0 Å². The molecule has 13 heteroatoms. The zero-order valence-corrected chi connectivity index (χ0v) is 27.7. The van der Waals surface area contributed by atoms with Gasteiger partial charge >= 0.3 is 0 Å². The minimum Gasteiger partial charge on any atom is -0.386 e. The van der Waals surface area contributed by atoms with Crippen molar-refractivity contribution in [2.45, 2.75) is 81.2 Å². The maximum atomic E-state index is 10.9. The Morgan fingerprint density at radius 3 is 1.63 bits per heavy atom. The lowest BCUT2D eigenvalue weighted by atomic mass is 9.88. The highest BCUT2D eigenvalue weighted by molar-refractivity contribution is 6.42. The summed E-state index contributed by atoms with van der Waals surface area (Å²) in [5, 5.41) is 33.3. The number of hydrogen-bond acceptors (Lipinski definition) is 10. The van der Waals surface area contributed by atoms with E-state index in [0.29, 0.717) is 20.6 Å². The highest BCUT2D eigenvalue weighted by Gasteiger charge is 2.57. The van der Waals surface area contributed by atoms with E-state index in [2.05, 4.69) is 0 Å². The van der Waals surface area contributed by atoms with Crippen molar-refractivity contribution in [3.05, 3.63) is 68.2 Å². The van der Waals surface area contributed by atoms with E-state index < -0.39 is 60.4 Å². The van der Waals surface area contributed by atoms with Gasteiger partial charge < -0.3 is 48.5 Å². The van der Waals surface area contributed by atoms with Crippen LogP contribution in [-0.2, 0) is 33.2 Å². The zero-order valence-electron chi connectivity index (χ0n) is 25.4. The van der Waals surface area contributed by atoms with Crippen LogP contribution in [0, 0.1) is 6.92 Å². The monoisotopic (exact) mass is 666 g/mol. The van der Waals surface area contributed by atoms with Crippen molar-refractivity contribution < 1.29 is 48.5 Å². The van der Waals surface area contributed by atoms with Crippen molar-refractivity contribution in [1.82, 2.24) is 0 Å². The number of aliphatic hydroxyl groups is 3. The SMILES string of the molecule is CO[C@H]1O[C@H]([C@H](O)c2ccc(Cl)c(Cl)c2)[C@@](C)(O)[C@H]1OC.CO[C@H]1O[C@H]([C@H](OC)c2ccc(C)c(Cl)c2)[C@@](C)(O)[C@H]1OC. The average molecular weight is 668 g/mol. The van der Waals surface area contributed by atoms with E-state index in [1.54, 1.807) is 26.2 Å². The van der Waals surface area contributed by atoms with Crippen LogP contribution in [0.15, 0.2) is 36.4 Å². The molecule has 43 heavy (non-hydrogen) atoms. The maximum absolute atomic E-state index is 10.9. The fourth-order valence-corrected chi connectivity index (χ4v) is 6.00. The summed E-state index contributed by atoms with van der Waals surface area (Å²) in [6.45, 7) is 5.12. The van der Waals surface area contributed by atoms with Gasteiger partial charge in [-0.1, -0.05) is 53.0 Å². The van der Waals surface area contributed by atoms with Gasteiger partial charge in [0.1, 0.15) is 47.8 Å².